The van der Waals surface area contributed by atoms with E-state index in [0.717, 1.165) is 5.56 Å². The molecule has 0 saturated carbocycles. The highest BCUT2D eigenvalue weighted by molar-refractivity contribution is 7.89. The van der Waals surface area contributed by atoms with Crippen LogP contribution < -0.4 is 14.8 Å². The van der Waals surface area contributed by atoms with Gasteiger partial charge in [-0.25, -0.2) is 8.42 Å². The van der Waals surface area contributed by atoms with E-state index in [-0.39, 0.29) is 17.3 Å². The van der Waals surface area contributed by atoms with Crippen LogP contribution in [0.15, 0.2) is 41.3 Å². The van der Waals surface area contributed by atoms with Crippen molar-refractivity contribution in [3.8, 4) is 11.5 Å². The Kier molecular flexibility index (Phi) is 6.38. The molecule has 166 valence electrons. The van der Waals surface area contributed by atoms with Gasteiger partial charge in [-0.05, 0) is 36.8 Å². The third-order valence-electron chi connectivity index (χ3n) is 5.39. The van der Waals surface area contributed by atoms with Crippen molar-refractivity contribution in [2.45, 2.75) is 11.8 Å². The molecule has 31 heavy (non-hydrogen) atoms. The number of anilines is 1. The van der Waals surface area contributed by atoms with Crippen molar-refractivity contribution in [1.82, 2.24) is 9.21 Å². The van der Waals surface area contributed by atoms with Gasteiger partial charge >= 0.3 is 0 Å². The molecule has 2 aliphatic heterocycles. The van der Waals surface area contributed by atoms with Crippen molar-refractivity contribution < 1.29 is 22.7 Å². The zero-order valence-corrected chi connectivity index (χ0v) is 18.7. The maximum atomic E-state index is 13.0. The Morgan fingerprint density at radius 1 is 1.06 bits per heavy atom. The smallest absolute Gasteiger partial charge is 0.243 e. The van der Waals surface area contributed by atoms with Crippen LogP contribution in [0.25, 0.3) is 0 Å². The van der Waals surface area contributed by atoms with Crippen molar-refractivity contribution in [3.05, 3.63) is 47.0 Å². The summed E-state index contributed by atoms with van der Waals surface area (Å²) < 4.78 is 38.5. The first-order chi connectivity index (χ1) is 14.8. The summed E-state index contributed by atoms with van der Waals surface area (Å²) in [6.45, 7) is 4.42. The molecule has 2 aromatic carbocycles. The van der Waals surface area contributed by atoms with Crippen LogP contribution in [0.1, 0.15) is 5.56 Å². The molecule has 1 amide bonds. The summed E-state index contributed by atoms with van der Waals surface area (Å²) in [7, 11) is -3.65. The highest BCUT2D eigenvalue weighted by Gasteiger charge is 2.30. The fourth-order valence-corrected chi connectivity index (χ4v) is 5.21. The summed E-state index contributed by atoms with van der Waals surface area (Å²) in [6, 6.07) is 10.0. The zero-order valence-electron chi connectivity index (χ0n) is 17.1. The monoisotopic (exact) mass is 465 g/mol. The summed E-state index contributed by atoms with van der Waals surface area (Å²) >= 11 is 6.10. The van der Waals surface area contributed by atoms with Gasteiger partial charge in [0.1, 0.15) is 13.2 Å². The van der Waals surface area contributed by atoms with E-state index in [1.54, 1.807) is 24.3 Å². The van der Waals surface area contributed by atoms with Gasteiger partial charge in [0.05, 0.1) is 11.4 Å². The van der Waals surface area contributed by atoms with E-state index in [2.05, 4.69) is 5.32 Å². The zero-order chi connectivity index (χ0) is 22.0. The molecule has 0 aliphatic carbocycles. The Labute approximate surface area is 186 Å². The number of piperazine rings is 1. The normalized spacial score (nSPS) is 17.4. The minimum Gasteiger partial charge on any atom is -0.486 e. The van der Waals surface area contributed by atoms with E-state index < -0.39 is 10.0 Å². The Hall–Kier alpha value is -2.33. The van der Waals surface area contributed by atoms with E-state index in [1.807, 2.05) is 11.8 Å². The summed E-state index contributed by atoms with van der Waals surface area (Å²) in [6.07, 6.45) is 0. The van der Waals surface area contributed by atoms with Crippen molar-refractivity contribution in [3.63, 3.8) is 0 Å². The predicted octanol–water partition coefficient (Wildman–Crippen LogP) is 2.36. The standard InChI is InChI=1S/C21H24ClN3O5S/c1-15-17(22)3-2-4-18(15)23-21(26)14-24-7-9-25(10-8-24)31(27,28)16-5-6-19-20(13-16)30-12-11-29-19/h2-6,13H,7-12,14H2,1H3,(H,23,26). The lowest BCUT2D eigenvalue weighted by Crippen LogP contribution is -2.50. The van der Waals surface area contributed by atoms with E-state index >= 15 is 0 Å². The van der Waals surface area contributed by atoms with Gasteiger partial charge in [-0.1, -0.05) is 17.7 Å². The van der Waals surface area contributed by atoms with Gasteiger partial charge in [-0.2, -0.15) is 4.31 Å². The third kappa shape index (κ3) is 4.79. The molecule has 8 nitrogen and oxygen atoms in total. The van der Waals surface area contributed by atoms with Crippen LogP contribution >= 0.6 is 11.6 Å². The lowest BCUT2D eigenvalue weighted by Gasteiger charge is -2.33. The number of carbonyl (C=O) groups excluding carboxylic acids is 1. The van der Waals surface area contributed by atoms with Crippen molar-refractivity contribution in [2.24, 2.45) is 0 Å². The van der Waals surface area contributed by atoms with E-state index in [1.165, 1.54) is 16.4 Å². The molecule has 2 heterocycles. The van der Waals surface area contributed by atoms with Gasteiger partial charge in [-0.15, -0.1) is 0 Å². The fraction of sp³-hybridized carbons (Fsp3) is 0.381. The molecule has 4 rings (SSSR count). The summed E-state index contributed by atoms with van der Waals surface area (Å²) in [5.41, 5.74) is 1.49. The first-order valence-corrected chi connectivity index (χ1v) is 11.8. The molecule has 2 aliphatic rings. The Bertz CT molecular complexity index is 1080. The van der Waals surface area contributed by atoms with Crippen molar-refractivity contribution in [2.75, 3.05) is 51.3 Å². The van der Waals surface area contributed by atoms with Gasteiger partial charge in [0.2, 0.25) is 15.9 Å². The lowest BCUT2D eigenvalue weighted by molar-refractivity contribution is -0.117. The largest absolute Gasteiger partial charge is 0.486 e. The number of amides is 1. The summed E-state index contributed by atoms with van der Waals surface area (Å²) in [4.78, 5) is 14.5. The molecule has 0 atom stereocenters. The van der Waals surface area contributed by atoms with Crippen molar-refractivity contribution in [1.29, 1.82) is 0 Å². The van der Waals surface area contributed by atoms with Crippen LogP contribution in [0.4, 0.5) is 5.69 Å². The summed E-state index contributed by atoms with van der Waals surface area (Å²) in [5, 5.41) is 3.47. The number of fused-ring (bicyclic) bond motifs is 1. The van der Waals surface area contributed by atoms with Crippen LogP contribution in [-0.4, -0.2) is 69.5 Å². The Morgan fingerprint density at radius 2 is 1.77 bits per heavy atom. The van der Waals surface area contributed by atoms with Gasteiger partial charge in [0.25, 0.3) is 0 Å². The molecule has 1 N–H and O–H groups in total. The van der Waals surface area contributed by atoms with Crippen LogP contribution in [0.2, 0.25) is 5.02 Å². The number of hydrogen-bond donors (Lipinski definition) is 1. The Morgan fingerprint density at radius 3 is 2.52 bits per heavy atom. The van der Waals surface area contributed by atoms with Crippen LogP contribution in [0.3, 0.4) is 0 Å². The molecule has 0 radical (unpaired) electrons. The van der Waals surface area contributed by atoms with Gasteiger partial charge in [0.15, 0.2) is 11.5 Å². The van der Waals surface area contributed by atoms with Crippen LogP contribution in [-0.2, 0) is 14.8 Å². The molecule has 0 aromatic heterocycles. The van der Waals surface area contributed by atoms with Gasteiger partial charge < -0.3 is 14.8 Å². The highest BCUT2D eigenvalue weighted by atomic mass is 35.5. The first kappa shape index (κ1) is 21.9. The minimum absolute atomic E-state index is 0.159. The number of rotatable bonds is 5. The van der Waals surface area contributed by atoms with Crippen molar-refractivity contribution >= 4 is 33.2 Å². The second kappa shape index (κ2) is 9.04. The number of hydrogen-bond acceptors (Lipinski definition) is 6. The number of nitrogens with zero attached hydrogens (tertiary/aromatic N) is 2. The molecular formula is C21H24ClN3O5S. The first-order valence-electron chi connectivity index (χ1n) is 10.0. The van der Waals surface area contributed by atoms with Crippen LogP contribution in [0.5, 0.6) is 11.5 Å². The topological polar surface area (TPSA) is 88.2 Å². The van der Waals surface area contributed by atoms with E-state index in [4.69, 9.17) is 21.1 Å². The summed E-state index contributed by atoms with van der Waals surface area (Å²) in [5.74, 6) is 0.837. The highest BCUT2D eigenvalue weighted by Crippen LogP contribution is 2.33. The SMILES string of the molecule is Cc1c(Cl)cccc1NC(=O)CN1CCN(S(=O)(=O)c2ccc3c(c2)OCCO3)CC1. The number of nitrogens with one attached hydrogen (secondary N) is 1. The number of sulfonamides is 1. The number of carbonyl (C=O) groups is 1. The van der Waals surface area contributed by atoms with Gasteiger partial charge in [0, 0.05) is 43.0 Å². The predicted molar refractivity (Wildman–Crippen MR) is 117 cm³/mol. The second-order valence-electron chi connectivity index (χ2n) is 7.45. The van der Waals surface area contributed by atoms with E-state index in [0.29, 0.717) is 61.6 Å². The van der Waals surface area contributed by atoms with Crippen LogP contribution in [0, 0.1) is 6.92 Å². The molecule has 1 fully saturated rings. The average molecular weight is 466 g/mol. The average Bonchev–Trinajstić information content (AvgIpc) is 2.77. The molecule has 2 aromatic rings. The van der Waals surface area contributed by atoms with Gasteiger partial charge in [-0.3, -0.25) is 9.69 Å². The fourth-order valence-electron chi connectivity index (χ4n) is 3.60. The lowest BCUT2D eigenvalue weighted by atomic mass is 10.2. The maximum absolute atomic E-state index is 13.0. The molecule has 10 heteroatoms. The molecule has 0 spiro atoms. The minimum atomic E-state index is -3.65. The van der Waals surface area contributed by atoms with E-state index in [9.17, 15) is 13.2 Å². The quantitative estimate of drug-likeness (QED) is 0.729. The number of ether oxygens (including phenoxy) is 2. The Balaban J connectivity index is 1.35. The molecule has 0 bridgehead atoms. The third-order valence-corrected chi connectivity index (χ3v) is 7.70. The maximum Gasteiger partial charge on any atom is 0.243 e. The second-order valence-corrected chi connectivity index (χ2v) is 9.79. The molecular weight excluding hydrogens is 442 g/mol. The number of benzene rings is 2. The molecule has 1 saturated heterocycles. The molecule has 0 unspecified atom stereocenters. The number of halogens is 1.